The van der Waals surface area contributed by atoms with Gasteiger partial charge in [0.05, 0.1) is 15.6 Å². The van der Waals surface area contributed by atoms with E-state index in [0.717, 1.165) is 0 Å². The Balaban J connectivity index is 2.25. The highest BCUT2D eigenvalue weighted by atomic mass is 35.5. The van der Waals surface area contributed by atoms with Crippen molar-refractivity contribution in [3.05, 3.63) is 57.5 Å². The molecule has 2 aromatic rings. The van der Waals surface area contributed by atoms with Gasteiger partial charge < -0.3 is 0 Å². The lowest BCUT2D eigenvalue weighted by molar-refractivity contribution is -0.302. The summed E-state index contributed by atoms with van der Waals surface area (Å²) in [5, 5.41) is 17.6. The Morgan fingerprint density at radius 2 is 1.58 bits per heavy atom. The van der Waals surface area contributed by atoms with Crippen molar-refractivity contribution in [2.45, 2.75) is 23.8 Å². The van der Waals surface area contributed by atoms with Gasteiger partial charge in [0.1, 0.15) is 11.8 Å². The summed E-state index contributed by atoms with van der Waals surface area (Å²) >= 11 is 11.6. The van der Waals surface area contributed by atoms with Gasteiger partial charge in [0.15, 0.2) is 5.69 Å². The third-order valence-corrected chi connectivity index (χ3v) is 4.81. The average Bonchev–Trinajstić information content (AvgIpc) is 3.27. The lowest BCUT2D eigenvalue weighted by Gasteiger charge is -2.32. The second kappa shape index (κ2) is 7.16. The van der Waals surface area contributed by atoms with Crippen LogP contribution in [-0.2, 0) is 11.7 Å². The Labute approximate surface area is 177 Å². The summed E-state index contributed by atoms with van der Waals surface area (Å²) in [6, 6.07) is 2.25. The van der Waals surface area contributed by atoms with Gasteiger partial charge in [0.25, 0.3) is 0 Å². The molecule has 0 amide bonds. The van der Waals surface area contributed by atoms with Crippen LogP contribution < -0.4 is 0 Å². The summed E-state index contributed by atoms with van der Waals surface area (Å²) in [5.74, 6) is -5.52. The minimum atomic E-state index is -6.10. The van der Waals surface area contributed by atoms with Gasteiger partial charge in [0, 0.05) is 18.0 Å². The van der Waals surface area contributed by atoms with Gasteiger partial charge in [-0.25, -0.2) is 4.68 Å². The van der Waals surface area contributed by atoms with E-state index in [4.69, 9.17) is 23.2 Å². The van der Waals surface area contributed by atoms with Crippen molar-refractivity contribution in [1.82, 2.24) is 9.78 Å². The topological polar surface area (TPSA) is 66.3 Å². The average molecular weight is 490 g/mol. The van der Waals surface area contributed by atoms with Crippen molar-refractivity contribution in [2.75, 3.05) is 0 Å². The minimum absolute atomic E-state index is 0.332. The molecule has 1 unspecified atom stereocenters. The van der Waals surface area contributed by atoms with Crippen LogP contribution in [0.1, 0.15) is 16.8 Å². The van der Waals surface area contributed by atoms with Crippen molar-refractivity contribution < 1.29 is 35.1 Å². The molecule has 0 N–H and O–H groups in total. The van der Waals surface area contributed by atoms with E-state index in [9.17, 15) is 40.4 Å². The van der Waals surface area contributed by atoms with Crippen LogP contribution in [0.25, 0.3) is 5.69 Å². The smallest absolute Gasteiger partial charge is 0.236 e. The number of aromatic nitrogens is 2. The molecule has 164 valence electrons. The SMILES string of the molecule is N#Cc1nn(-c2c(Cl)cc(C(F)(F)F)cc2Cl)cc1C1(C(F)(F)C(F)(F)F)C=CN=N1. The van der Waals surface area contributed by atoms with Gasteiger partial charge in [-0.2, -0.15) is 55.7 Å². The summed E-state index contributed by atoms with van der Waals surface area (Å²) in [6.45, 7) is 0. The van der Waals surface area contributed by atoms with E-state index in [2.05, 4.69) is 15.3 Å². The second-order valence-corrected chi connectivity index (χ2v) is 6.92. The quantitative estimate of drug-likeness (QED) is 0.465. The molecule has 1 atom stereocenters. The van der Waals surface area contributed by atoms with E-state index < -0.39 is 56.4 Å². The number of azo groups is 1. The Bertz CT molecular complexity index is 1110. The predicted molar refractivity (Wildman–Crippen MR) is 90.0 cm³/mol. The fraction of sp³-hybridized carbons (Fsp3) is 0.250. The number of hydrogen-bond donors (Lipinski definition) is 0. The first-order valence-electron chi connectivity index (χ1n) is 7.77. The molecule has 0 radical (unpaired) electrons. The fourth-order valence-electron chi connectivity index (χ4n) is 2.79. The summed E-state index contributed by atoms with van der Waals surface area (Å²) < 4.78 is 107. The largest absolute Gasteiger partial charge is 0.456 e. The molecule has 1 aromatic carbocycles. The maximum atomic E-state index is 14.4. The van der Waals surface area contributed by atoms with E-state index >= 15 is 0 Å². The zero-order valence-corrected chi connectivity index (χ0v) is 15.9. The zero-order chi connectivity index (χ0) is 23.4. The minimum Gasteiger partial charge on any atom is -0.236 e. The van der Waals surface area contributed by atoms with Gasteiger partial charge >= 0.3 is 18.3 Å². The van der Waals surface area contributed by atoms with Crippen LogP contribution in [0.5, 0.6) is 0 Å². The number of hydrogen-bond acceptors (Lipinski definition) is 4. The van der Waals surface area contributed by atoms with Crippen molar-refractivity contribution >= 4 is 23.2 Å². The first-order valence-corrected chi connectivity index (χ1v) is 8.52. The van der Waals surface area contributed by atoms with E-state index in [0.29, 0.717) is 35.3 Å². The highest BCUT2D eigenvalue weighted by Crippen LogP contribution is 2.54. The standard InChI is InChI=1S/C16H5Cl2F8N5/c17-9-3-7(14(19,20)21)4-10(18)12(9)31-6-8(11(5-27)29-31)13(1-2-28-30-13)15(22,23)16(24,25)26/h1-4,6H. The Morgan fingerprint density at radius 3 is 2.00 bits per heavy atom. The van der Waals surface area contributed by atoms with E-state index in [1.807, 2.05) is 0 Å². The number of halogens is 10. The van der Waals surface area contributed by atoms with E-state index in [1.54, 1.807) is 0 Å². The molecule has 0 fully saturated rings. The summed E-state index contributed by atoms with van der Waals surface area (Å²) in [4.78, 5) is 0. The first-order chi connectivity index (χ1) is 14.2. The number of alkyl halides is 8. The van der Waals surface area contributed by atoms with Gasteiger partial charge in [0.2, 0.25) is 5.54 Å². The van der Waals surface area contributed by atoms with Gasteiger partial charge in [-0.1, -0.05) is 23.2 Å². The highest BCUT2D eigenvalue weighted by Gasteiger charge is 2.72. The molecular weight excluding hydrogens is 485 g/mol. The van der Waals surface area contributed by atoms with Gasteiger partial charge in [-0.15, -0.1) is 0 Å². The molecule has 5 nitrogen and oxygen atoms in total. The number of benzene rings is 1. The summed E-state index contributed by atoms with van der Waals surface area (Å²) in [6.07, 6.45) is -9.46. The van der Waals surface area contributed by atoms with Crippen LogP contribution in [-0.4, -0.2) is 21.9 Å². The van der Waals surface area contributed by atoms with Crippen LogP contribution in [0.2, 0.25) is 10.0 Å². The molecule has 0 aliphatic carbocycles. The molecule has 15 heteroatoms. The maximum Gasteiger partial charge on any atom is 0.456 e. The predicted octanol–water partition coefficient (Wildman–Crippen LogP) is 6.44. The van der Waals surface area contributed by atoms with E-state index in [-0.39, 0.29) is 0 Å². The van der Waals surface area contributed by atoms with Gasteiger partial charge in [-0.3, -0.25) is 0 Å². The molecule has 0 bridgehead atoms. The summed E-state index contributed by atoms with van der Waals surface area (Å²) in [5.41, 5.74) is -7.14. The van der Waals surface area contributed by atoms with Crippen molar-refractivity contribution in [2.24, 2.45) is 10.2 Å². The van der Waals surface area contributed by atoms with Crippen LogP contribution in [0.15, 0.2) is 40.8 Å². The Morgan fingerprint density at radius 1 is 1.00 bits per heavy atom. The molecular formula is C16H5Cl2F8N5. The van der Waals surface area contributed by atoms with Crippen LogP contribution in [0.3, 0.4) is 0 Å². The molecule has 3 rings (SSSR count). The number of rotatable bonds is 3. The summed E-state index contributed by atoms with van der Waals surface area (Å²) in [7, 11) is 0. The third-order valence-electron chi connectivity index (χ3n) is 4.24. The van der Waals surface area contributed by atoms with Crippen LogP contribution in [0, 0.1) is 11.3 Å². The monoisotopic (exact) mass is 489 g/mol. The second-order valence-electron chi connectivity index (χ2n) is 6.10. The first kappa shape index (κ1) is 23.0. The Hall–Kier alpha value is -2.72. The van der Waals surface area contributed by atoms with Crippen LogP contribution >= 0.6 is 23.2 Å². The molecule has 2 heterocycles. The molecule has 1 aromatic heterocycles. The molecule has 0 saturated heterocycles. The van der Waals surface area contributed by atoms with Crippen LogP contribution in [0.4, 0.5) is 35.1 Å². The molecule has 0 saturated carbocycles. The highest BCUT2D eigenvalue weighted by molar-refractivity contribution is 6.37. The van der Waals surface area contributed by atoms with E-state index in [1.165, 1.54) is 6.07 Å². The van der Waals surface area contributed by atoms with Gasteiger partial charge in [-0.05, 0) is 18.2 Å². The van der Waals surface area contributed by atoms with Crippen molar-refractivity contribution in [1.29, 1.82) is 5.26 Å². The normalized spacial score (nSPS) is 19.1. The number of nitrogens with zero attached hydrogens (tertiary/aromatic N) is 5. The molecule has 31 heavy (non-hydrogen) atoms. The maximum absolute atomic E-state index is 14.4. The Kier molecular flexibility index (Phi) is 5.31. The zero-order valence-electron chi connectivity index (χ0n) is 14.4. The lowest BCUT2D eigenvalue weighted by Crippen LogP contribution is -2.52. The van der Waals surface area contributed by atoms with Crippen molar-refractivity contribution in [3.8, 4) is 11.8 Å². The lowest BCUT2D eigenvalue weighted by atomic mass is 9.84. The third kappa shape index (κ3) is 3.53. The fourth-order valence-corrected chi connectivity index (χ4v) is 3.45. The number of nitriles is 1. The molecule has 1 aliphatic heterocycles. The van der Waals surface area contributed by atoms with Crippen molar-refractivity contribution in [3.63, 3.8) is 0 Å². The molecule has 0 spiro atoms. The molecule has 1 aliphatic rings.